The third-order valence-corrected chi connectivity index (χ3v) is 2.33. The Bertz CT molecular complexity index is 169. The highest BCUT2D eigenvalue weighted by molar-refractivity contribution is 7.46. The van der Waals surface area contributed by atoms with E-state index < -0.39 is 14.0 Å². The first-order chi connectivity index (χ1) is 5.99. The molecule has 2 unspecified atom stereocenters. The fourth-order valence-electron chi connectivity index (χ4n) is 1.19. The van der Waals surface area contributed by atoms with Gasteiger partial charge in [0.15, 0.2) is 0 Å². The zero-order valence-corrected chi connectivity index (χ0v) is 9.10. The number of hydrogen-bond donors (Lipinski definition) is 1. The fraction of sp³-hybridized carbons (Fsp3) is 1.00. The molecule has 0 heterocycles. The summed E-state index contributed by atoms with van der Waals surface area (Å²) in [7, 11) is -4.79. The van der Waals surface area contributed by atoms with Crippen molar-refractivity contribution in [2.45, 2.75) is 52.1 Å². The van der Waals surface area contributed by atoms with Gasteiger partial charge in [0.2, 0.25) is 0 Å². The second kappa shape index (κ2) is 6.52. The van der Waals surface area contributed by atoms with Gasteiger partial charge in [0, 0.05) is 0 Å². The normalized spacial score (nSPS) is 18.2. The Morgan fingerprint density at radius 3 is 2.38 bits per heavy atom. The molecule has 0 aromatic carbocycles. The Kier molecular flexibility index (Phi) is 6.56. The minimum atomic E-state index is -4.79. The van der Waals surface area contributed by atoms with Crippen LogP contribution in [-0.2, 0) is 9.09 Å². The van der Waals surface area contributed by atoms with Gasteiger partial charge in [0.05, 0.1) is 6.10 Å². The van der Waals surface area contributed by atoms with Crippen molar-refractivity contribution in [2.24, 2.45) is 0 Å². The minimum absolute atomic E-state index is 0.411. The van der Waals surface area contributed by atoms with E-state index in [0.717, 1.165) is 19.3 Å². The van der Waals surface area contributed by atoms with Crippen LogP contribution in [-0.4, -0.2) is 11.0 Å². The third kappa shape index (κ3) is 8.41. The summed E-state index contributed by atoms with van der Waals surface area (Å²) in [4.78, 5) is 8.38. The lowest BCUT2D eigenvalue weighted by Gasteiger charge is -2.15. The van der Waals surface area contributed by atoms with Crippen LogP contribution >= 0.6 is 7.91 Å². The Morgan fingerprint density at radius 1 is 1.38 bits per heavy atom. The van der Waals surface area contributed by atoms with Gasteiger partial charge in [0.25, 0.3) is 0 Å². The van der Waals surface area contributed by atoms with Crippen LogP contribution in [0.15, 0.2) is 0 Å². The van der Waals surface area contributed by atoms with Gasteiger partial charge in [-0.1, -0.05) is 33.1 Å². The number of unbranched alkanes of at least 4 members (excludes halogenated alkanes) is 1. The van der Waals surface area contributed by atoms with E-state index in [4.69, 9.17) is 4.89 Å². The third-order valence-electron chi connectivity index (χ3n) is 1.77. The summed E-state index contributed by atoms with van der Waals surface area (Å²) in [5.74, 6) is 0. The van der Waals surface area contributed by atoms with E-state index >= 15 is 0 Å². The molecular weight excluding hydrogens is 194 g/mol. The fourth-order valence-corrected chi connectivity index (χ4v) is 1.77. The van der Waals surface area contributed by atoms with E-state index in [1.54, 1.807) is 0 Å². The molecule has 1 N–H and O–H groups in total. The van der Waals surface area contributed by atoms with E-state index in [-0.39, 0.29) is 0 Å². The van der Waals surface area contributed by atoms with Gasteiger partial charge in [-0.15, -0.1) is 4.20 Å². The highest BCUT2D eigenvalue weighted by atomic mass is 31.2. The monoisotopic (exact) mass is 212 g/mol. The van der Waals surface area contributed by atoms with E-state index in [0.29, 0.717) is 12.8 Å². The van der Waals surface area contributed by atoms with Crippen molar-refractivity contribution in [3.63, 3.8) is 0 Å². The SMILES string of the molecule is CCCCC(CCC)OP(=O)(O)F. The van der Waals surface area contributed by atoms with Gasteiger partial charge in [0.1, 0.15) is 0 Å². The summed E-state index contributed by atoms with van der Waals surface area (Å²) in [6.45, 7) is 3.94. The van der Waals surface area contributed by atoms with Crippen molar-refractivity contribution in [1.82, 2.24) is 0 Å². The number of rotatable bonds is 7. The van der Waals surface area contributed by atoms with Gasteiger partial charge >= 0.3 is 7.91 Å². The van der Waals surface area contributed by atoms with E-state index in [1.807, 2.05) is 13.8 Å². The first-order valence-corrected chi connectivity index (χ1v) is 6.17. The molecule has 0 aromatic rings. The standard InChI is InChI=1S/C8H18FO3P/c1-3-5-7-8(6-4-2)12-13(9,10)11/h8H,3-7H2,1-2H3,(H,10,11). The number of halogens is 1. The van der Waals surface area contributed by atoms with Crippen LogP contribution in [0.25, 0.3) is 0 Å². The molecule has 2 atom stereocenters. The maximum atomic E-state index is 12.3. The molecule has 0 saturated carbocycles. The highest BCUT2D eigenvalue weighted by Crippen LogP contribution is 2.45. The van der Waals surface area contributed by atoms with E-state index in [1.165, 1.54) is 0 Å². The van der Waals surface area contributed by atoms with Gasteiger partial charge in [-0.05, 0) is 12.8 Å². The molecule has 5 heteroatoms. The van der Waals surface area contributed by atoms with Crippen molar-refractivity contribution in [2.75, 3.05) is 0 Å². The van der Waals surface area contributed by atoms with Gasteiger partial charge in [-0.25, -0.2) is 4.57 Å². The molecule has 0 aliphatic heterocycles. The van der Waals surface area contributed by atoms with Gasteiger partial charge in [-0.3, -0.25) is 9.42 Å². The first-order valence-electron chi connectivity index (χ1n) is 4.70. The first kappa shape index (κ1) is 13.1. The molecule has 0 spiro atoms. The molecule has 0 aromatic heterocycles. The quantitative estimate of drug-likeness (QED) is 0.657. The van der Waals surface area contributed by atoms with Crippen LogP contribution in [0.4, 0.5) is 4.20 Å². The molecular formula is C8H18FO3P. The average molecular weight is 212 g/mol. The van der Waals surface area contributed by atoms with Gasteiger partial charge < -0.3 is 0 Å². The molecule has 0 bridgehead atoms. The summed E-state index contributed by atoms with van der Waals surface area (Å²) in [6, 6.07) is 0. The van der Waals surface area contributed by atoms with Crippen molar-refractivity contribution < 1.29 is 18.2 Å². The lowest BCUT2D eigenvalue weighted by Crippen LogP contribution is -2.09. The van der Waals surface area contributed by atoms with Crippen molar-refractivity contribution in [3.8, 4) is 0 Å². The molecule has 80 valence electrons. The van der Waals surface area contributed by atoms with Gasteiger partial charge in [-0.2, -0.15) is 0 Å². The summed E-state index contributed by atoms with van der Waals surface area (Å²) in [6.07, 6.45) is 3.57. The summed E-state index contributed by atoms with van der Waals surface area (Å²) < 4.78 is 27.0. The second-order valence-corrected chi connectivity index (χ2v) is 4.22. The summed E-state index contributed by atoms with van der Waals surface area (Å²) >= 11 is 0. The lowest BCUT2D eigenvalue weighted by atomic mass is 10.1. The van der Waals surface area contributed by atoms with Crippen LogP contribution in [0.3, 0.4) is 0 Å². The smallest absolute Gasteiger partial charge is 0.299 e. The van der Waals surface area contributed by atoms with Crippen molar-refractivity contribution >= 4 is 7.91 Å². The van der Waals surface area contributed by atoms with Crippen molar-refractivity contribution in [1.29, 1.82) is 0 Å². The van der Waals surface area contributed by atoms with Crippen molar-refractivity contribution in [3.05, 3.63) is 0 Å². The molecule has 13 heavy (non-hydrogen) atoms. The molecule has 0 radical (unpaired) electrons. The largest absolute Gasteiger partial charge is 0.510 e. The molecule has 0 aliphatic carbocycles. The molecule has 3 nitrogen and oxygen atoms in total. The number of hydrogen-bond acceptors (Lipinski definition) is 2. The highest BCUT2D eigenvalue weighted by Gasteiger charge is 2.23. The second-order valence-electron chi connectivity index (χ2n) is 3.11. The molecule has 0 fully saturated rings. The summed E-state index contributed by atoms with van der Waals surface area (Å²) in [5, 5.41) is 0. The minimum Gasteiger partial charge on any atom is -0.299 e. The van der Waals surface area contributed by atoms with Crippen LogP contribution < -0.4 is 0 Å². The zero-order chi connectivity index (χ0) is 10.3. The zero-order valence-electron chi connectivity index (χ0n) is 8.20. The maximum Gasteiger partial charge on any atom is 0.510 e. The topological polar surface area (TPSA) is 46.5 Å². The van der Waals surface area contributed by atoms with E-state index in [9.17, 15) is 8.76 Å². The maximum absolute atomic E-state index is 12.3. The Hall–Kier alpha value is 0.0800. The molecule has 0 aliphatic rings. The van der Waals surface area contributed by atoms with Crippen LogP contribution in [0.5, 0.6) is 0 Å². The predicted octanol–water partition coefficient (Wildman–Crippen LogP) is 3.43. The van der Waals surface area contributed by atoms with E-state index in [2.05, 4.69) is 4.52 Å². The van der Waals surface area contributed by atoms with Crippen LogP contribution in [0, 0.1) is 0 Å². The molecule has 0 amide bonds. The molecule has 0 saturated heterocycles. The Morgan fingerprint density at radius 2 is 2.00 bits per heavy atom. The summed E-state index contributed by atoms with van der Waals surface area (Å²) in [5.41, 5.74) is 0. The molecule has 0 rings (SSSR count). The van der Waals surface area contributed by atoms with Crippen LogP contribution in [0.2, 0.25) is 0 Å². The lowest BCUT2D eigenvalue weighted by molar-refractivity contribution is 0.134. The van der Waals surface area contributed by atoms with Crippen LogP contribution in [0.1, 0.15) is 46.0 Å². The Balaban J connectivity index is 3.86. The Labute approximate surface area is 79.0 Å². The predicted molar refractivity (Wildman–Crippen MR) is 50.2 cm³/mol. The average Bonchev–Trinajstić information content (AvgIpc) is 1.98.